The SMILES string of the molecule is C[C@@H]1N=C(c2ccc(OCc3ccccc3)c(=O)[nH]2)N[C@]1(c1ccc(F)cc1)c1ccnc(F)c1. The van der Waals surface area contributed by atoms with E-state index in [9.17, 15) is 13.6 Å². The van der Waals surface area contributed by atoms with E-state index in [4.69, 9.17) is 9.73 Å². The molecule has 8 heteroatoms. The van der Waals surface area contributed by atoms with Gasteiger partial charge < -0.3 is 15.0 Å². The van der Waals surface area contributed by atoms with Crippen molar-refractivity contribution in [3.63, 3.8) is 0 Å². The number of aliphatic imine (C=N–C) groups is 1. The normalized spacial score (nSPS) is 19.2. The molecule has 0 saturated carbocycles. The number of ether oxygens (including phenoxy) is 1. The predicted octanol–water partition coefficient (Wildman–Crippen LogP) is 4.31. The van der Waals surface area contributed by atoms with Crippen LogP contribution in [0.25, 0.3) is 0 Å². The van der Waals surface area contributed by atoms with E-state index in [0.717, 1.165) is 5.56 Å². The van der Waals surface area contributed by atoms with Gasteiger partial charge in [-0.15, -0.1) is 0 Å². The largest absolute Gasteiger partial charge is 0.483 e. The summed E-state index contributed by atoms with van der Waals surface area (Å²) in [5.41, 5.74) is 1.28. The van der Waals surface area contributed by atoms with E-state index < -0.39 is 23.1 Å². The molecule has 2 aromatic carbocycles. The average molecular weight is 472 g/mol. The number of aromatic nitrogens is 2. The number of hydrogen-bond acceptors (Lipinski definition) is 5. The fourth-order valence-electron chi connectivity index (χ4n) is 4.35. The lowest BCUT2D eigenvalue weighted by molar-refractivity contribution is 0.301. The fraction of sp³-hybridized carbons (Fsp3) is 0.148. The lowest BCUT2D eigenvalue weighted by Gasteiger charge is -2.35. The average Bonchev–Trinajstić information content (AvgIpc) is 3.22. The second kappa shape index (κ2) is 9.13. The first kappa shape index (κ1) is 22.5. The van der Waals surface area contributed by atoms with Crippen LogP contribution in [0.4, 0.5) is 8.78 Å². The Morgan fingerprint density at radius 1 is 0.971 bits per heavy atom. The molecular formula is C27H22F2N4O2. The smallest absolute Gasteiger partial charge is 0.290 e. The zero-order chi connectivity index (χ0) is 24.4. The van der Waals surface area contributed by atoms with Crippen LogP contribution in [0.3, 0.4) is 0 Å². The predicted molar refractivity (Wildman–Crippen MR) is 128 cm³/mol. The Balaban J connectivity index is 1.47. The van der Waals surface area contributed by atoms with E-state index >= 15 is 0 Å². The van der Waals surface area contributed by atoms with E-state index in [-0.39, 0.29) is 18.2 Å². The van der Waals surface area contributed by atoms with Gasteiger partial charge in [-0.3, -0.25) is 9.79 Å². The number of nitrogens with one attached hydrogen (secondary N) is 2. The van der Waals surface area contributed by atoms with Crippen LogP contribution in [-0.4, -0.2) is 21.8 Å². The van der Waals surface area contributed by atoms with Crippen molar-refractivity contribution in [2.24, 2.45) is 4.99 Å². The van der Waals surface area contributed by atoms with Crippen molar-refractivity contribution >= 4 is 5.84 Å². The van der Waals surface area contributed by atoms with Gasteiger partial charge in [-0.2, -0.15) is 4.39 Å². The molecule has 5 rings (SSSR count). The first-order valence-corrected chi connectivity index (χ1v) is 11.1. The van der Waals surface area contributed by atoms with Crippen LogP contribution >= 0.6 is 0 Å². The molecule has 2 N–H and O–H groups in total. The van der Waals surface area contributed by atoms with Crippen LogP contribution in [-0.2, 0) is 12.1 Å². The van der Waals surface area contributed by atoms with E-state index in [2.05, 4.69) is 15.3 Å². The molecule has 0 bridgehead atoms. The van der Waals surface area contributed by atoms with E-state index in [1.165, 1.54) is 24.4 Å². The van der Waals surface area contributed by atoms with Crippen molar-refractivity contribution in [3.05, 3.63) is 130 Å². The van der Waals surface area contributed by atoms with Crippen LogP contribution in [0.1, 0.15) is 29.3 Å². The minimum Gasteiger partial charge on any atom is -0.483 e. The summed E-state index contributed by atoms with van der Waals surface area (Å²) >= 11 is 0. The van der Waals surface area contributed by atoms with Gasteiger partial charge in [0.2, 0.25) is 5.95 Å². The van der Waals surface area contributed by atoms with Gasteiger partial charge >= 0.3 is 0 Å². The molecule has 2 aromatic heterocycles. The second-order valence-electron chi connectivity index (χ2n) is 8.30. The molecule has 3 heterocycles. The summed E-state index contributed by atoms with van der Waals surface area (Å²) in [6.45, 7) is 2.14. The van der Waals surface area contributed by atoms with Gasteiger partial charge in [0.05, 0.1) is 11.7 Å². The molecule has 0 fully saturated rings. The van der Waals surface area contributed by atoms with Crippen molar-refractivity contribution < 1.29 is 13.5 Å². The summed E-state index contributed by atoms with van der Waals surface area (Å²) in [5.74, 6) is -0.414. The number of H-pyrrole nitrogens is 1. The highest BCUT2D eigenvalue weighted by Crippen LogP contribution is 2.38. The van der Waals surface area contributed by atoms with E-state index in [1.54, 1.807) is 30.3 Å². The van der Waals surface area contributed by atoms with Crippen LogP contribution in [0.5, 0.6) is 5.75 Å². The first-order valence-electron chi connectivity index (χ1n) is 11.1. The highest BCUT2D eigenvalue weighted by Gasteiger charge is 2.45. The minimum atomic E-state index is -0.994. The van der Waals surface area contributed by atoms with Crippen molar-refractivity contribution in [1.82, 2.24) is 15.3 Å². The van der Waals surface area contributed by atoms with Gasteiger partial charge in [-0.05, 0) is 60.0 Å². The highest BCUT2D eigenvalue weighted by molar-refractivity contribution is 5.99. The Morgan fingerprint density at radius 2 is 1.74 bits per heavy atom. The van der Waals surface area contributed by atoms with E-state index in [1.807, 2.05) is 37.3 Å². The lowest BCUT2D eigenvalue weighted by atomic mass is 9.78. The number of amidine groups is 1. The Hall–Kier alpha value is -4.33. The summed E-state index contributed by atoms with van der Waals surface area (Å²) in [6, 6.07) is 21.4. The Kier molecular flexibility index (Phi) is 5.86. The monoisotopic (exact) mass is 472 g/mol. The molecule has 35 heavy (non-hydrogen) atoms. The quantitative estimate of drug-likeness (QED) is 0.410. The highest BCUT2D eigenvalue weighted by atomic mass is 19.1. The van der Waals surface area contributed by atoms with E-state index in [0.29, 0.717) is 22.7 Å². The minimum absolute atomic E-state index is 0.185. The van der Waals surface area contributed by atoms with Gasteiger partial charge in [0, 0.05) is 6.20 Å². The molecule has 0 radical (unpaired) electrons. The number of rotatable bonds is 6. The Morgan fingerprint density at radius 3 is 2.46 bits per heavy atom. The van der Waals surface area contributed by atoms with Gasteiger partial charge in [-0.1, -0.05) is 42.5 Å². The maximum absolute atomic E-state index is 14.1. The third-order valence-electron chi connectivity index (χ3n) is 6.11. The second-order valence-corrected chi connectivity index (χ2v) is 8.30. The molecule has 1 aliphatic rings. The van der Waals surface area contributed by atoms with Gasteiger partial charge in [0.1, 0.15) is 23.8 Å². The first-order chi connectivity index (χ1) is 17.0. The fourth-order valence-corrected chi connectivity index (χ4v) is 4.35. The molecule has 0 unspecified atom stereocenters. The number of aromatic amines is 1. The zero-order valence-electron chi connectivity index (χ0n) is 18.8. The van der Waals surface area contributed by atoms with Crippen LogP contribution in [0.2, 0.25) is 0 Å². The van der Waals surface area contributed by atoms with Crippen molar-refractivity contribution in [3.8, 4) is 5.75 Å². The maximum atomic E-state index is 14.1. The third-order valence-corrected chi connectivity index (χ3v) is 6.11. The molecule has 6 nitrogen and oxygen atoms in total. The number of nitrogens with zero attached hydrogens (tertiary/aromatic N) is 2. The topological polar surface area (TPSA) is 79.4 Å². The van der Waals surface area contributed by atoms with Gasteiger partial charge in [-0.25, -0.2) is 9.37 Å². The summed E-state index contributed by atoms with van der Waals surface area (Å²) in [7, 11) is 0. The van der Waals surface area contributed by atoms with Crippen LogP contribution in [0, 0.1) is 11.8 Å². The van der Waals surface area contributed by atoms with Gasteiger partial charge in [0.25, 0.3) is 5.56 Å². The van der Waals surface area contributed by atoms with Crippen LogP contribution < -0.4 is 15.6 Å². The summed E-state index contributed by atoms with van der Waals surface area (Å²) in [5, 5.41) is 3.38. The number of halogens is 2. The Bertz CT molecular complexity index is 1440. The third kappa shape index (κ3) is 4.30. The van der Waals surface area contributed by atoms with Crippen molar-refractivity contribution in [2.75, 3.05) is 0 Å². The number of benzene rings is 2. The molecule has 0 aliphatic carbocycles. The van der Waals surface area contributed by atoms with Crippen molar-refractivity contribution in [2.45, 2.75) is 25.1 Å². The summed E-state index contributed by atoms with van der Waals surface area (Å²) < 4.78 is 33.5. The molecule has 0 saturated heterocycles. The standard InChI is InChI=1S/C27H22F2N4O2/c1-17-27(19-7-9-21(28)10-8-19,20-13-14-30-24(29)15-20)33-25(31-17)22-11-12-23(26(34)32-22)35-16-18-5-3-2-4-6-18/h2-15,17H,16H2,1H3,(H,31,33)(H,32,34)/t17-,27+/m0/s1. The summed E-state index contributed by atoms with van der Waals surface area (Å²) in [6.07, 6.45) is 1.38. The molecule has 2 atom stereocenters. The molecule has 0 amide bonds. The molecule has 1 aliphatic heterocycles. The summed E-state index contributed by atoms with van der Waals surface area (Å²) in [4.78, 5) is 23.9. The van der Waals surface area contributed by atoms with Crippen molar-refractivity contribution in [1.29, 1.82) is 0 Å². The van der Waals surface area contributed by atoms with Crippen LogP contribution in [0.15, 0.2) is 94.8 Å². The zero-order valence-corrected chi connectivity index (χ0v) is 18.8. The maximum Gasteiger partial charge on any atom is 0.290 e. The van der Waals surface area contributed by atoms with Gasteiger partial charge in [0.15, 0.2) is 5.75 Å². The molecule has 4 aromatic rings. The number of pyridine rings is 2. The lowest BCUT2D eigenvalue weighted by Crippen LogP contribution is -2.48. The number of hydrogen-bond donors (Lipinski definition) is 2. The Labute approximate surface area is 200 Å². The molecular weight excluding hydrogens is 450 g/mol. The molecule has 176 valence electrons. The molecule has 0 spiro atoms.